The smallest absolute Gasteiger partial charge is 0.307 e. The van der Waals surface area contributed by atoms with Gasteiger partial charge < -0.3 is 9.64 Å². The van der Waals surface area contributed by atoms with Gasteiger partial charge in [0.15, 0.2) is 0 Å². The van der Waals surface area contributed by atoms with Crippen molar-refractivity contribution in [1.29, 1.82) is 0 Å². The number of carbonyl (C=O) groups excluding carboxylic acids is 2. The summed E-state index contributed by atoms with van der Waals surface area (Å²) in [6, 6.07) is 12.7. The van der Waals surface area contributed by atoms with Crippen molar-refractivity contribution in [2.45, 2.75) is 19.4 Å². The number of ether oxygens (including phenoxy) is 1. The molecule has 0 unspecified atom stereocenters. The average Bonchev–Trinajstić information content (AvgIpc) is 2.61. The fourth-order valence-corrected chi connectivity index (χ4v) is 2.32. The molecule has 6 heteroatoms. The lowest BCUT2D eigenvalue weighted by atomic mass is 10.1. The standard InChI is InChI=1S/C18H19ClN2O3/c1-24-18(23)9-11-21(13-16-4-2-3-10-20-16)17(22)12-14-5-7-15(19)8-6-14/h2-8,10H,9,11-13H2,1H3. The number of rotatable bonds is 7. The predicted octanol–water partition coefficient (Wildman–Crippen LogP) is 2.87. The zero-order valence-corrected chi connectivity index (χ0v) is 14.2. The Labute approximate surface area is 146 Å². The van der Waals surface area contributed by atoms with E-state index in [0.717, 1.165) is 11.3 Å². The summed E-state index contributed by atoms with van der Waals surface area (Å²) in [6.07, 6.45) is 2.07. The maximum atomic E-state index is 12.6. The van der Waals surface area contributed by atoms with E-state index in [-0.39, 0.29) is 31.3 Å². The molecule has 0 aliphatic rings. The quantitative estimate of drug-likeness (QED) is 0.723. The van der Waals surface area contributed by atoms with Crippen molar-refractivity contribution in [3.8, 4) is 0 Å². The number of methoxy groups -OCH3 is 1. The summed E-state index contributed by atoms with van der Waals surface area (Å²) in [5, 5.41) is 0.627. The van der Waals surface area contributed by atoms with Crippen LogP contribution in [0, 0.1) is 0 Å². The first kappa shape index (κ1) is 17.9. The molecule has 0 radical (unpaired) electrons. The average molecular weight is 347 g/mol. The minimum atomic E-state index is -0.347. The summed E-state index contributed by atoms with van der Waals surface area (Å²) in [5.74, 6) is -0.424. The molecular formula is C18H19ClN2O3. The highest BCUT2D eigenvalue weighted by Gasteiger charge is 2.17. The second-order valence-corrected chi connectivity index (χ2v) is 5.70. The van der Waals surface area contributed by atoms with Crippen LogP contribution in [0.4, 0.5) is 0 Å². The Bertz CT molecular complexity index is 674. The van der Waals surface area contributed by atoms with Crippen LogP contribution in [0.5, 0.6) is 0 Å². The number of hydrogen-bond acceptors (Lipinski definition) is 4. The second-order valence-electron chi connectivity index (χ2n) is 5.27. The molecule has 0 atom stereocenters. The second kappa shape index (κ2) is 9.03. The van der Waals surface area contributed by atoms with Crippen LogP contribution in [0.15, 0.2) is 48.7 Å². The van der Waals surface area contributed by atoms with Crippen molar-refractivity contribution in [1.82, 2.24) is 9.88 Å². The monoisotopic (exact) mass is 346 g/mol. The van der Waals surface area contributed by atoms with Gasteiger partial charge in [-0.15, -0.1) is 0 Å². The zero-order valence-electron chi connectivity index (χ0n) is 13.4. The maximum Gasteiger partial charge on any atom is 0.307 e. The highest BCUT2D eigenvalue weighted by atomic mass is 35.5. The Hall–Kier alpha value is -2.40. The third-order valence-electron chi connectivity index (χ3n) is 3.51. The van der Waals surface area contributed by atoms with Crippen molar-refractivity contribution >= 4 is 23.5 Å². The van der Waals surface area contributed by atoms with Gasteiger partial charge in [-0.1, -0.05) is 29.8 Å². The molecular weight excluding hydrogens is 328 g/mol. The van der Waals surface area contributed by atoms with Gasteiger partial charge >= 0.3 is 5.97 Å². The number of nitrogens with zero attached hydrogens (tertiary/aromatic N) is 2. The van der Waals surface area contributed by atoms with Crippen LogP contribution >= 0.6 is 11.6 Å². The molecule has 2 aromatic rings. The minimum absolute atomic E-state index is 0.0770. The van der Waals surface area contributed by atoms with Gasteiger partial charge in [0.25, 0.3) is 0 Å². The van der Waals surface area contributed by atoms with Gasteiger partial charge in [-0.25, -0.2) is 0 Å². The van der Waals surface area contributed by atoms with Crippen LogP contribution in [0.1, 0.15) is 17.7 Å². The number of esters is 1. The van der Waals surface area contributed by atoms with E-state index in [2.05, 4.69) is 9.72 Å². The fourth-order valence-electron chi connectivity index (χ4n) is 2.20. The van der Waals surface area contributed by atoms with Crippen LogP contribution in [0.3, 0.4) is 0 Å². The predicted molar refractivity (Wildman–Crippen MR) is 91.4 cm³/mol. The van der Waals surface area contributed by atoms with Crippen LogP contribution in [-0.2, 0) is 27.3 Å². The number of amides is 1. The number of pyridine rings is 1. The van der Waals surface area contributed by atoms with Gasteiger partial charge in [0, 0.05) is 17.8 Å². The minimum Gasteiger partial charge on any atom is -0.469 e. The number of benzene rings is 1. The first-order chi connectivity index (χ1) is 11.6. The van der Waals surface area contributed by atoms with Crippen LogP contribution in [0.2, 0.25) is 5.02 Å². The Morgan fingerprint density at radius 1 is 1.17 bits per heavy atom. The molecule has 0 saturated carbocycles. The topological polar surface area (TPSA) is 59.5 Å². The number of aromatic nitrogens is 1. The molecule has 0 bridgehead atoms. The largest absolute Gasteiger partial charge is 0.469 e. The summed E-state index contributed by atoms with van der Waals surface area (Å²) < 4.78 is 4.65. The molecule has 24 heavy (non-hydrogen) atoms. The van der Waals surface area contributed by atoms with E-state index in [4.69, 9.17) is 11.6 Å². The van der Waals surface area contributed by atoms with Crippen LogP contribution < -0.4 is 0 Å². The van der Waals surface area contributed by atoms with Gasteiger partial charge in [0.2, 0.25) is 5.91 Å². The van der Waals surface area contributed by atoms with Crippen molar-refractivity contribution in [2.24, 2.45) is 0 Å². The zero-order chi connectivity index (χ0) is 17.4. The van der Waals surface area contributed by atoms with E-state index in [1.54, 1.807) is 23.2 Å². The molecule has 5 nitrogen and oxygen atoms in total. The van der Waals surface area contributed by atoms with Gasteiger partial charge in [0.1, 0.15) is 0 Å². The molecule has 126 valence electrons. The van der Waals surface area contributed by atoms with E-state index in [9.17, 15) is 9.59 Å². The van der Waals surface area contributed by atoms with Crippen LogP contribution in [0.25, 0.3) is 0 Å². The van der Waals surface area contributed by atoms with Crippen molar-refractivity contribution in [3.63, 3.8) is 0 Å². The number of carbonyl (C=O) groups is 2. The van der Waals surface area contributed by atoms with Gasteiger partial charge in [-0.3, -0.25) is 14.6 Å². The number of halogens is 1. The Morgan fingerprint density at radius 2 is 1.92 bits per heavy atom. The molecule has 1 amide bonds. The first-order valence-corrected chi connectivity index (χ1v) is 7.95. The third kappa shape index (κ3) is 5.66. The molecule has 0 aliphatic carbocycles. The summed E-state index contributed by atoms with van der Waals surface area (Å²) >= 11 is 5.86. The molecule has 0 spiro atoms. The van der Waals surface area contributed by atoms with Crippen molar-refractivity contribution < 1.29 is 14.3 Å². The Balaban J connectivity index is 2.06. The molecule has 1 heterocycles. The van der Waals surface area contributed by atoms with E-state index >= 15 is 0 Å². The van der Waals surface area contributed by atoms with E-state index < -0.39 is 0 Å². The van der Waals surface area contributed by atoms with E-state index in [1.807, 2.05) is 30.3 Å². The van der Waals surface area contributed by atoms with E-state index in [1.165, 1.54) is 7.11 Å². The molecule has 0 N–H and O–H groups in total. The SMILES string of the molecule is COC(=O)CCN(Cc1ccccn1)C(=O)Cc1ccc(Cl)cc1. The Kier molecular flexibility index (Phi) is 6.75. The summed E-state index contributed by atoms with van der Waals surface area (Å²) in [6.45, 7) is 0.639. The van der Waals surface area contributed by atoms with Crippen LogP contribution in [-0.4, -0.2) is 35.4 Å². The lowest BCUT2D eigenvalue weighted by Crippen LogP contribution is -2.34. The molecule has 2 rings (SSSR count). The first-order valence-electron chi connectivity index (χ1n) is 7.57. The molecule has 0 aliphatic heterocycles. The van der Waals surface area contributed by atoms with Gasteiger partial charge in [0.05, 0.1) is 32.2 Å². The van der Waals surface area contributed by atoms with Crippen molar-refractivity contribution in [3.05, 3.63) is 64.9 Å². The number of hydrogen-bond donors (Lipinski definition) is 0. The van der Waals surface area contributed by atoms with Crippen molar-refractivity contribution in [2.75, 3.05) is 13.7 Å². The third-order valence-corrected chi connectivity index (χ3v) is 3.77. The summed E-state index contributed by atoms with van der Waals surface area (Å²) in [7, 11) is 1.33. The maximum absolute atomic E-state index is 12.6. The van der Waals surface area contributed by atoms with Gasteiger partial charge in [-0.2, -0.15) is 0 Å². The lowest BCUT2D eigenvalue weighted by Gasteiger charge is -2.22. The lowest BCUT2D eigenvalue weighted by molar-refractivity contribution is -0.141. The Morgan fingerprint density at radius 3 is 2.54 bits per heavy atom. The molecule has 0 saturated heterocycles. The highest BCUT2D eigenvalue weighted by Crippen LogP contribution is 2.12. The van der Waals surface area contributed by atoms with Gasteiger partial charge in [-0.05, 0) is 29.8 Å². The molecule has 1 aromatic carbocycles. The highest BCUT2D eigenvalue weighted by molar-refractivity contribution is 6.30. The normalized spacial score (nSPS) is 10.2. The molecule has 1 aromatic heterocycles. The van der Waals surface area contributed by atoms with E-state index in [0.29, 0.717) is 11.6 Å². The fraction of sp³-hybridized carbons (Fsp3) is 0.278. The summed E-state index contributed by atoms with van der Waals surface area (Å²) in [5.41, 5.74) is 1.64. The summed E-state index contributed by atoms with van der Waals surface area (Å²) in [4.78, 5) is 29.9. The molecule has 0 fully saturated rings.